The van der Waals surface area contributed by atoms with Crippen molar-refractivity contribution in [1.29, 1.82) is 0 Å². The van der Waals surface area contributed by atoms with Gasteiger partial charge in [-0.25, -0.2) is 4.68 Å². The third-order valence-corrected chi connectivity index (χ3v) is 2.88. The lowest BCUT2D eigenvalue weighted by atomic mass is 10.1. The highest BCUT2D eigenvalue weighted by Crippen LogP contribution is 2.19. The Hall–Kier alpha value is -2.50. The van der Waals surface area contributed by atoms with Crippen molar-refractivity contribution >= 4 is 5.97 Å². The van der Waals surface area contributed by atoms with Crippen molar-refractivity contribution in [3.63, 3.8) is 0 Å². The summed E-state index contributed by atoms with van der Waals surface area (Å²) in [6, 6.07) is 6.37. The third-order valence-electron chi connectivity index (χ3n) is 2.88. The van der Waals surface area contributed by atoms with Crippen molar-refractivity contribution in [2.75, 3.05) is 0 Å². The molecule has 0 spiro atoms. The number of aromatic amines is 1. The maximum atomic E-state index is 12.2. The van der Waals surface area contributed by atoms with Gasteiger partial charge in [0.25, 0.3) is 5.56 Å². The Morgan fingerprint density at radius 3 is 2.63 bits per heavy atom. The predicted octanol–water partition coefficient (Wildman–Crippen LogP) is 1.06. The van der Waals surface area contributed by atoms with Crippen molar-refractivity contribution in [2.24, 2.45) is 0 Å². The minimum atomic E-state index is -1.06. The Bertz CT molecular complexity index is 670. The fourth-order valence-electron chi connectivity index (χ4n) is 1.97. The quantitative estimate of drug-likeness (QED) is 0.767. The molecule has 19 heavy (non-hydrogen) atoms. The summed E-state index contributed by atoms with van der Waals surface area (Å²) in [5, 5.41) is 21.4. The predicted molar refractivity (Wildman–Crippen MR) is 68.8 cm³/mol. The van der Waals surface area contributed by atoms with Gasteiger partial charge in [0, 0.05) is 5.69 Å². The van der Waals surface area contributed by atoms with E-state index in [4.69, 9.17) is 5.11 Å². The van der Waals surface area contributed by atoms with Crippen LogP contribution in [-0.2, 0) is 17.6 Å². The third kappa shape index (κ3) is 2.37. The maximum absolute atomic E-state index is 12.2. The number of rotatable bonds is 4. The molecule has 0 aliphatic carbocycles. The van der Waals surface area contributed by atoms with Gasteiger partial charge in [-0.3, -0.25) is 14.7 Å². The lowest BCUT2D eigenvalue weighted by molar-refractivity contribution is -0.136. The molecule has 0 atom stereocenters. The number of carboxylic acids is 1. The van der Waals surface area contributed by atoms with E-state index in [0.29, 0.717) is 17.8 Å². The summed E-state index contributed by atoms with van der Waals surface area (Å²) in [6.45, 7) is 1.83. The van der Waals surface area contributed by atoms with E-state index in [1.165, 1.54) is 10.7 Å². The fourth-order valence-corrected chi connectivity index (χ4v) is 1.97. The topological polar surface area (TPSA) is 95.3 Å². The lowest BCUT2D eigenvalue weighted by Crippen LogP contribution is -2.19. The number of para-hydroxylation sites is 2. The Kier molecular flexibility index (Phi) is 3.41. The summed E-state index contributed by atoms with van der Waals surface area (Å²) in [6.07, 6.45) is 0.178. The van der Waals surface area contributed by atoms with E-state index >= 15 is 0 Å². The molecule has 0 fully saturated rings. The first-order chi connectivity index (χ1) is 9.04. The van der Waals surface area contributed by atoms with Crippen molar-refractivity contribution in [2.45, 2.75) is 19.8 Å². The van der Waals surface area contributed by atoms with Crippen LogP contribution < -0.4 is 5.56 Å². The number of aromatic hydroxyl groups is 1. The van der Waals surface area contributed by atoms with E-state index in [9.17, 15) is 14.7 Å². The van der Waals surface area contributed by atoms with Crippen LogP contribution in [0.1, 0.15) is 18.2 Å². The first kappa shape index (κ1) is 12.9. The van der Waals surface area contributed by atoms with Crippen molar-refractivity contribution in [3.8, 4) is 11.4 Å². The summed E-state index contributed by atoms with van der Waals surface area (Å²) in [5.41, 5.74) is 0.647. The van der Waals surface area contributed by atoms with E-state index < -0.39 is 11.5 Å². The molecule has 0 bridgehead atoms. The van der Waals surface area contributed by atoms with Crippen molar-refractivity contribution < 1.29 is 15.0 Å². The number of aromatic nitrogens is 2. The number of hydrogen-bond donors (Lipinski definition) is 3. The maximum Gasteiger partial charge on any atom is 0.308 e. The van der Waals surface area contributed by atoms with E-state index in [2.05, 4.69) is 5.10 Å². The Morgan fingerprint density at radius 2 is 2.05 bits per heavy atom. The van der Waals surface area contributed by atoms with Gasteiger partial charge in [-0.15, -0.1) is 0 Å². The molecule has 0 amide bonds. The van der Waals surface area contributed by atoms with E-state index in [0.717, 1.165) is 0 Å². The molecule has 2 rings (SSSR count). The fraction of sp³-hybridized carbons (Fsp3) is 0.231. The molecule has 1 heterocycles. The number of carbonyl (C=O) groups is 1. The van der Waals surface area contributed by atoms with Crippen LogP contribution in [0.25, 0.3) is 5.69 Å². The van der Waals surface area contributed by atoms with E-state index in [-0.39, 0.29) is 17.7 Å². The highest BCUT2D eigenvalue weighted by Gasteiger charge is 2.17. The minimum absolute atomic E-state index is 0.0459. The molecule has 100 valence electrons. The average Bonchev–Trinajstić information content (AvgIpc) is 2.67. The molecular weight excluding hydrogens is 248 g/mol. The molecule has 6 heteroatoms. The average molecular weight is 262 g/mol. The van der Waals surface area contributed by atoms with Gasteiger partial charge < -0.3 is 10.2 Å². The van der Waals surface area contributed by atoms with Crippen LogP contribution in [0.15, 0.2) is 29.1 Å². The second kappa shape index (κ2) is 5.01. The zero-order chi connectivity index (χ0) is 14.0. The van der Waals surface area contributed by atoms with E-state index in [1.807, 2.05) is 6.92 Å². The number of H-pyrrole nitrogens is 1. The SMILES string of the molecule is CCc1[nH]n(-c2ccccc2O)c(=O)c1CC(=O)O. The van der Waals surface area contributed by atoms with Gasteiger partial charge in [0.15, 0.2) is 0 Å². The zero-order valence-corrected chi connectivity index (χ0v) is 10.4. The van der Waals surface area contributed by atoms with Crippen LogP contribution in [0.5, 0.6) is 5.75 Å². The molecule has 0 aliphatic rings. The van der Waals surface area contributed by atoms with Crippen molar-refractivity contribution in [1.82, 2.24) is 9.78 Å². The van der Waals surface area contributed by atoms with Crippen LogP contribution in [0.3, 0.4) is 0 Å². The van der Waals surface area contributed by atoms with Gasteiger partial charge in [-0.05, 0) is 18.6 Å². The van der Waals surface area contributed by atoms with Crippen LogP contribution in [0.2, 0.25) is 0 Å². The summed E-state index contributed by atoms with van der Waals surface area (Å²) < 4.78 is 1.17. The van der Waals surface area contributed by atoms with Crippen LogP contribution in [-0.4, -0.2) is 26.0 Å². The molecule has 3 N–H and O–H groups in total. The number of hydrogen-bond acceptors (Lipinski definition) is 3. The van der Waals surface area contributed by atoms with Crippen LogP contribution in [0, 0.1) is 0 Å². The highest BCUT2D eigenvalue weighted by atomic mass is 16.4. The number of benzene rings is 1. The van der Waals surface area contributed by atoms with Gasteiger partial charge in [0.1, 0.15) is 11.4 Å². The summed E-state index contributed by atoms with van der Waals surface area (Å²) in [4.78, 5) is 23.0. The number of aryl methyl sites for hydroxylation is 1. The smallest absolute Gasteiger partial charge is 0.308 e. The lowest BCUT2D eigenvalue weighted by Gasteiger charge is -2.03. The summed E-state index contributed by atoms with van der Waals surface area (Å²) in [7, 11) is 0. The molecule has 1 aromatic carbocycles. The van der Waals surface area contributed by atoms with Gasteiger partial charge in [-0.1, -0.05) is 19.1 Å². The van der Waals surface area contributed by atoms with Gasteiger partial charge in [-0.2, -0.15) is 0 Å². The molecule has 0 radical (unpaired) electrons. The molecule has 2 aromatic rings. The molecule has 0 saturated carbocycles. The van der Waals surface area contributed by atoms with Gasteiger partial charge in [0.2, 0.25) is 0 Å². The van der Waals surface area contributed by atoms with Crippen LogP contribution >= 0.6 is 0 Å². The normalized spacial score (nSPS) is 10.6. The Labute approximate surface area is 108 Å². The monoisotopic (exact) mass is 262 g/mol. The molecule has 0 unspecified atom stereocenters. The van der Waals surface area contributed by atoms with Crippen LogP contribution in [0.4, 0.5) is 0 Å². The number of nitrogens with one attached hydrogen (secondary N) is 1. The number of nitrogens with zero attached hydrogens (tertiary/aromatic N) is 1. The highest BCUT2D eigenvalue weighted by molar-refractivity contribution is 5.70. The second-order valence-corrected chi connectivity index (χ2v) is 4.12. The standard InChI is InChI=1S/C13H14N2O4/c1-2-9-8(7-12(17)18)13(19)15(14-9)10-5-3-4-6-11(10)16/h3-6,14,16H,2,7H2,1H3,(H,17,18). The molecule has 6 nitrogen and oxygen atoms in total. The molecule has 1 aromatic heterocycles. The number of carboxylic acid groups (broad SMARTS) is 1. The Morgan fingerprint density at radius 1 is 1.37 bits per heavy atom. The molecule has 0 aliphatic heterocycles. The first-order valence-corrected chi connectivity index (χ1v) is 5.87. The minimum Gasteiger partial charge on any atom is -0.506 e. The van der Waals surface area contributed by atoms with Gasteiger partial charge in [0.05, 0.1) is 12.0 Å². The number of aliphatic carboxylic acids is 1. The summed E-state index contributed by atoms with van der Waals surface area (Å²) in [5.74, 6) is -1.11. The Balaban J connectivity index is 2.61. The number of phenols is 1. The molecule has 0 saturated heterocycles. The largest absolute Gasteiger partial charge is 0.506 e. The first-order valence-electron chi connectivity index (χ1n) is 5.87. The van der Waals surface area contributed by atoms with E-state index in [1.54, 1.807) is 18.2 Å². The van der Waals surface area contributed by atoms with Crippen molar-refractivity contribution in [3.05, 3.63) is 45.9 Å². The van der Waals surface area contributed by atoms with Gasteiger partial charge >= 0.3 is 5.97 Å². The zero-order valence-electron chi connectivity index (χ0n) is 10.4. The summed E-state index contributed by atoms with van der Waals surface area (Å²) >= 11 is 0. The number of phenolic OH excluding ortho intramolecular Hbond substituents is 1. The second-order valence-electron chi connectivity index (χ2n) is 4.12. The molecular formula is C13H14N2O4.